The van der Waals surface area contributed by atoms with Gasteiger partial charge in [0.1, 0.15) is 11.6 Å². The van der Waals surface area contributed by atoms with E-state index in [1.807, 2.05) is 54.3 Å². The summed E-state index contributed by atoms with van der Waals surface area (Å²) < 4.78 is 7.25. The molecule has 0 aliphatic rings. The molecule has 3 rings (SSSR count). The van der Waals surface area contributed by atoms with Crippen LogP contribution >= 0.6 is 0 Å². The molecule has 0 saturated carbocycles. The molecule has 1 atom stereocenters. The van der Waals surface area contributed by atoms with Crippen LogP contribution in [0.5, 0.6) is 5.75 Å². The van der Waals surface area contributed by atoms with Gasteiger partial charge < -0.3 is 9.64 Å². The first kappa shape index (κ1) is 25.5. The summed E-state index contributed by atoms with van der Waals surface area (Å²) in [5.41, 5.74) is 1.11. The fraction of sp³-hybridized carbons (Fsp3) is 0.464. The molecule has 1 unspecified atom stereocenters. The summed E-state index contributed by atoms with van der Waals surface area (Å²) in [6, 6.07) is 14.5. The van der Waals surface area contributed by atoms with E-state index in [9.17, 15) is 9.59 Å². The molecule has 6 nitrogen and oxygen atoms in total. The average molecular weight is 464 g/mol. The second-order valence-electron chi connectivity index (χ2n) is 9.12. The Hall–Kier alpha value is -3.15. The fourth-order valence-electron chi connectivity index (χ4n) is 4.42. The van der Waals surface area contributed by atoms with E-state index >= 15 is 0 Å². The number of fused-ring (bicyclic) bond motifs is 1. The first-order valence-electron chi connectivity index (χ1n) is 12.4. The van der Waals surface area contributed by atoms with Crippen LogP contribution < -0.4 is 10.3 Å². The number of unbranched alkanes of at least 4 members (excludes halogenated alkanes) is 2. The molecule has 0 radical (unpaired) electrons. The van der Waals surface area contributed by atoms with Crippen LogP contribution in [0.15, 0.2) is 53.3 Å². The number of nitrogens with zero attached hydrogens (tertiary/aromatic N) is 3. The van der Waals surface area contributed by atoms with Crippen LogP contribution in [-0.2, 0) is 4.79 Å². The highest BCUT2D eigenvalue weighted by Crippen LogP contribution is 2.30. The maximum Gasteiger partial charge on any atom is 0.266 e. The van der Waals surface area contributed by atoms with Gasteiger partial charge in [0.05, 0.1) is 29.7 Å². The van der Waals surface area contributed by atoms with Gasteiger partial charge in [0.15, 0.2) is 0 Å². The largest absolute Gasteiger partial charge is 0.495 e. The molecular weight excluding hydrogens is 426 g/mol. The van der Waals surface area contributed by atoms with Crippen LogP contribution in [0, 0.1) is 5.92 Å². The van der Waals surface area contributed by atoms with Gasteiger partial charge in [-0.05, 0) is 43.0 Å². The van der Waals surface area contributed by atoms with E-state index < -0.39 is 0 Å². The molecule has 34 heavy (non-hydrogen) atoms. The van der Waals surface area contributed by atoms with Crippen molar-refractivity contribution in [2.24, 2.45) is 5.92 Å². The van der Waals surface area contributed by atoms with Crippen molar-refractivity contribution in [2.45, 2.75) is 65.8 Å². The van der Waals surface area contributed by atoms with E-state index in [-0.39, 0.29) is 23.4 Å². The second-order valence-corrected chi connectivity index (χ2v) is 9.12. The summed E-state index contributed by atoms with van der Waals surface area (Å²) in [7, 11) is 1.60. The number of rotatable bonds is 11. The van der Waals surface area contributed by atoms with Crippen molar-refractivity contribution in [1.29, 1.82) is 0 Å². The monoisotopic (exact) mass is 463 g/mol. The van der Waals surface area contributed by atoms with Crippen molar-refractivity contribution < 1.29 is 9.53 Å². The highest BCUT2D eigenvalue weighted by molar-refractivity contribution is 5.79. The number of para-hydroxylation sites is 3. The highest BCUT2D eigenvalue weighted by Gasteiger charge is 2.29. The molecule has 0 aliphatic carbocycles. The summed E-state index contributed by atoms with van der Waals surface area (Å²) in [6.07, 6.45) is 4.16. The Morgan fingerprint density at radius 3 is 2.44 bits per heavy atom. The van der Waals surface area contributed by atoms with E-state index in [1.165, 1.54) is 0 Å². The number of methoxy groups -OCH3 is 1. The Labute approximate surface area is 202 Å². The number of amides is 1. The Morgan fingerprint density at radius 2 is 1.76 bits per heavy atom. The lowest BCUT2D eigenvalue weighted by atomic mass is 10.1. The number of carbonyl (C=O) groups excluding carboxylic acids is 1. The maximum absolute atomic E-state index is 13.8. The molecule has 0 aliphatic heterocycles. The number of aromatic nitrogens is 2. The molecule has 1 amide bonds. The van der Waals surface area contributed by atoms with Gasteiger partial charge >= 0.3 is 0 Å². The van der Waals surface area contributed by atoms with Crippen LogP contribution in [0.1, 0.15) is 71.7 Å². The van der Waals surface area contributed by atoms with Crippen molar-refractivity contribution in [3.05, 3.63) is 64.7 Å². The molecule has 2 aromatic carbocycles. The molecule has 1 aromatic heterocycles. The zero-order valence-corrected chi connectivity index (χ0v) is 21.1. The maximum atomic E-state index is 13.8. The lowest BCUT2D eigenvalue weighted by Gasteiger charge is -2.33. The molecule has 182 valence electrons. The zero-order valence-electron chi connectivity index (χ0n) is 21.1. The summed E-state index contributed by atoms with van der Waals surface area (Å²) >= 11 is 0. The van der Waals surface area contributed by atoms with E-state index in [2.05, 4.69) is 20.8 Å². The Kier molecular flexibility index (Phi) is 8.85. The second kappa shape index (κ2) is 11.8. The first-order chi connectivity index (χ1) is 16.4. The molecule has 0 spiro atoms. The minimum Gasteiger partial charge on any atom is -0.495 e. The van der Waals surface area contributed by atoms with Gasteiger partial charge in [-0.25, -0.2) is 4.98 Å². The average Bonchev–Trinajstić information content (AvgIpc) is 2.83. The van der Waals surface area contributed by atoms with Gasteiger partial charge in [0, 0.05) is 13.0 Å². The van der Waals surface area contributed by atoms with Gasteiger partial charge in [-0.15, -0.1) is 0 Å². The summed E-state index contributed by atoms with van der Waals surface area (Å²) in [6.45, 7) is 8.96. The van der Waals surface area contributed by atoms with E-state index in [1.54, 1.807) is 17.7 Å². The quantitative estimate of drug-likeness (QED) is 0.332. The summed E-state index contributed by atoms with van der Waals surface area (Å²) in [5.74, 6) is 1.51. The predicted molar refractivity (Wildman–Crippen MR) is 138 cm³/mol. The third-order valence-electron chi connectivity index (χ3n) is 6.09. The minimum absolute atomic E-state index is 0.104. The third kappa shape index (κ3) is 5.49. The van der Waals surface area contributed by atoms with E-state index in [0.29, 0.717) is 47.6 Å². The molecule has 3 aromatic rings. The lowest BCUT2D eigenvalue weighted by Crippen LogP contribution is -2.39. The van der Waals surface area contributed by atoms with Gasteiger partial charge in [-0.1, -0.05) is 64.8 Å². The van der Waals surface area contributed by atoms with E-state index in [4.69, 9.17) is 9.72 Å². The SMILES string of the molecule is CCCCCN(C(=O)CC(C)C)C(CC)c1nc2ccccc2c(=O)n1-c1ccccc1OC. The van der Waals surface area contributed by atoms with Crippen molar-refractivity contribution in [3.63, 3.8) is 0 Å². The molecule has 0 bridgehead atoms. The topological polar surface area (TPSA) is 64.4 Å². The van der Waals surface area contributed by atoms with Crippen LogP contribution in [0.3, 0.4) is 0 Å². The summed E-state index contributed by atoms with van der Waals surface area (Å²) in [4.78, 5) is 34.2. The zero-order chi connectivity index (χ0) is 24.7. The van der Waals surface area contributed by atoms with Gasteiger partial charge in [-0.3, -0.25) is 14.2 Å². The van der Waals surface area contributed by atoms with E-state index in [0.717, 1.165) is 19.3 Å². The smallest absolute Gasteiger partial charge is 0.266 e. The Bertz CT molecular complexity index is 1170. The standard InChI is InChI=1S/C28H37N3O3/c1-6-8-13-18-30(26(32)19-20(3)4)23(7-2)27-29-22-15-10-9-14-21(22)28(33)31(27)24-16-11-12-17-25(24)34-5/h9-12,14-17,20,23H,6-8,13,18-19H2,1-5H3. The third-order valence-corrected chi connectivity index (χ3v) is 6.09. The van der Waals surface area contributed by atoms with Crippen molar-refractivity contribution >= 4 is 16.8 Å². The Balaban J connectivity index is 2.27. The van der Waals surface area contributed by atoms with Gasteiger partial charge in [0.25, 0.3) is 5.56 Å². The molecule has 0 fully saturated rings. The molecule has 6 heteroatoms. The van der Waals surface area contributed by atoms with Crippen molar-refractivity contribution in [3.8, 4) is 11.4 Å². The van der Waals surface area contributed by atoms with Crippen LogP contribution in [0.4, 0.5) is 0 Å². The molecule has 0 saturated heterocycles. The van der Waals surface area contributed by atoms with Crippen LogP contribution in [0.25, 0.3) is 16.6 Å². The van der Waals surface area contributed by atoms with Gasteiger partial charge in [-0.2, -0.15) is 0 Å². The minimum atomic E-state index is -0.328. The normalized spacial score (nSPS) is 12.2. The van der Waals surface area contributed by atoms with Gasteiger partial charge in [0.2, 0.25) is 5.91 Å². The Morgan fingerprint density at radius 1 is 1.06 bits per heavy atom. The number of ether oxygens (including phenoxy) is 1. The number of benzene rings is 2. The first-order valence-corrected chi connectivity index (χ1v) is 12.4. The predicted octanol–water partition coefficient (Wildman–Crippen LogP) is 5.91. The lowest BCUT2D eigenvalue weighted by molar-refractivity contribution is -0.135. The van der Waals surface area contributed by atoms with Crippen LogP contribution in [0.2, 0.25) is 0 Å². The molecule has 0 N–H and O–H groups in total. The highest BCUT2D eigenvalue weighted by atomic mass is 16.5. The van der Waals surface area contributed by atoms with Crippen LogP contribution in [-0.4, -0.2) is 34.0 Å². The summed E-state index contributed by atoms with van der Waals surface area (Å²) in [5, 5.41) is 0.540. The number of hydrogen-bond donors (Lipinski definition) is 0. The molecule has 1 heterocycles. The van der Waals surface area contributed by atoms with Crippen molar-refractivity contribution in [1.82, 2.24) is 14.5 Å². The molecular formula is C28H37N3O3. The fourth-order valence-corrected chi connectivity index (χ4v) is 4.42. The van der Waals surface area contributed by atoms with Crippen molar-refractivity contribution in [2.75, 3.05) is 13.7 Å². The number of carbonyl (C=O) groups is 1. The number of hydrogen-bond acceptors (Lipinski definition) is 4.